The number of fused-ring (bicyclic) bond motifs is 1. The molecule has 2 bridgehead atoms. The molecule has 3 saturated carbocycles. The van der Waals surface area contributed by atoms with E-state index in [4.69, 9.17) is 23.2 Å². The lowest BCUT2D eigenvalue weighted by Crippen LogP contribution is -2.58. The van der Waals surface area contributed by atoms with Gasteiger partial charge in [-0.3, -0.25) is 4.79 Å². The number of nitrogens with zero attached hydrogens (tertiary/aromatic N) is 1. The minimum Gasteiger partial charge on any atom is -0.348 e. The van der Waals surface area contributed by atoms with Gasteiger partial charge in [0.05, 0.1) is 5.56 Å². The van der Waals surface area contributed by atoms with Gasteiger partial charge in [-0.1, -0.05) is 35.3 Å². The first-order valence-corrected chi connectivity index (χ1v) is 8.53. The zero-order valence-corrected chi connectivity index (χ0v) is 13.9. The summed E-state index contributed by atoms with van der Waals surface area (Å²) in [5.41, 5.74) is 1.74. The van der Waals surface area contributed by atoms with Crippen LogP contribution in [0, 0.1) is 5.92 Å². The molecule has 5 rings (SSSR count). The number of carbonyl (C=O) groups is 1. The first-order chi connectivity index (χ1) is 11.1. The fraction of sp³-hybridized carbons (Fsp3) is 0.333. The average Bonchev–Trinajstić information content (AvgIpc) is 3.13. The third kappa shape index (κ3) is 2.34. The molecule has 0 unspecified atom stereocenters. The lowest BCUT2D eigenvalue weighted by Gasteiger charge is -2.48. The van der Waals surface area contributed by atoms with Crippen LogP contribution in [-0.4, -0.2) is 16.9 Å². The molecule has 1 amide bonds. The van der Waals surface area contributed by atoms with Crippen molar-refractivity contribution in [2.45, 2.75) is 30.7 Å². The zero-order valence-electron chi connectivity index (χ0n) is 12.4. The second-order valence-electron chi connectivity index (χ2n) is 6.46. The van der Waals surface area contributed by atoms with Crippen molar-refractivity contribution in [2.24, 2.45) is 5.92 Å². The largest absolute Gasteiger partial charge is 0.348 e. The lowest BCUT2D eigenvalue weighted by atomic mass is 9.61. The molecule has 23 heavy (non-hydrogen) atoms. The highest BCUT2D eigenvalue weighted by molar-refractivity contribution is 6.32. The fourth-order valence-electron chi connectivity index (χ4n) is 4.23. The molecule has 3 aliphatic carbocycles. The van der Waals surface area contributed by atoms with Crippen LogP contribution in [0.5, 0.6) is 0 Å². The fourth-order valence-corrected chi connectivity index (χ4v) is 4.56. The lowest BCUT2D eigenvalue weighted by molar-refractivity contribution is 0.0811. The summed E-state index contributed by atoms with van der Waals surface area (Å²) in [6.45, 7) is 0. The predicted octanol–water partition coefficient (Wildman–Crippen LogP) is 4.24. The molecule has 3 fully saturated rings. The highest BCUT2D eigenvalue weighted by Crippen LogP contribution is 2.59. The number of halogens is 2. The van der Waals surface area contributed by atoms with Crippen molar-refractivity contribution in [1.29, 1.82) is 0 Å². The molecule has 1 heterocycles. The number of benzene rings is 1. The molecule has 0 saturated heterocycles. The Kier molecular flexibility index (Phi) is 3.58. The maximum Gasteiger partial charge on any atom is 0.254 e. The monoisotopic (exact) mass is 346 g/mol. The maximum atomic E-state index is 12.6. The van der Waals surface area contributed by atoms with Crippen molar-refractivity contribution >= 4 is 29.1 Å². The van der Waals surface area contributed by atoms with Crippen molar-refractivity contribution < 1.29 is 4.79 Å². The van der Waals surface area contributed by atoms with Crippen molar-refractivity contribution in [3.05, 3.63) is 63.9 Å². The third-order valence-corrected chi connectivity index (χ3v) is 5.92. The minimum atomic E-state index is -0.141. The summed E-state index contributed by atoms with van der Waals surface area (Å²) in [7, 11) is 0. The highest BCUT2D eigenvalue weighted by Gasteiger charge is 2.60. The van der Waals surface area contributed by atoms with Gasteiger partial charge in [0.25, 0.3) is 5.91 Å². The van der Waals surface area contributed by atoms with E-state index in [1.54, 1.807) is 18.3 Å². The Hall–Kier alpha value is -1.58. The molecule has 118 valence electrons. The van der Waals surface area contributed by atoms with E-state index in [-0.39, 0.29) is 22.5 Å². The number of amides is 1. The number of hydrogen-bond acceptors (Lipinski definition) is 2. The van der Waals surface area contributed by atoms with Gasteiger partial charge in [0.1, 0.15) is 5.15 Å². The van der Waals surface area contributed by atoms with Crippen LogP contribution in [0.3, 0.4) is 0 Å². The van der Waals surface area contributed by atoms with Crippen molar-refractivity contribution in [1.82, 2.24) is 10.3 Å². The topological polar surface area (TPSA) is 42.0 Å². The van der Waals surface area contributed by atoms with E-state index in [1.807, 2.05) is 12.1 Å². The van der Waals surface area contributed by atoms with Crippen LogP contribution in [0.2, 0.25) is 10.2 Å². The van der Waals surface area contributed by atoms with E-state index in [0.29, 0.717) is 11.5 Å². The molecule has 0 spiro atoms. The highest BCUT2D eigenvalue weighted by atomic mass is 35.5. The minimum absolute atomic E-state index is 0.0413. The van der Waals surface area contributed by atoms with Crippen LogP contribution in [0.15, 0.2) is 42.6 Å². The van der Waals surface area contributed by atoms with E-state index < -0.39 is 0 Å². The molecular formula is C18H16Cl2N2O. The van der Waals surface area contributed by atoms with Gasteiger partial charge in [-0.15, -0.1) is 0 Å². The normalized spacial score (nSPS) is 28.3. The molecule has 5 heteroatoms. The van der Waals surface area contributed by atoms with Crippen LogP contribution < -0.4 is 5.32 Å². The molecule has 0 aliphatic heterocycles. The smallest absolute Gasteiger partial charge is 0.254 e. The van der Waals surface area contributed by atoms with Gasteiger partial charge in [-0.25, -0.2) is 4.98 Å². The SMILES string of the molecule is O=C(N[C@@H]1[C@@H]2CC[C@@]1(c1ccc(Cl)cc1)C2)c1cccnc1Cl. The third-order valence-electron chi connectivity index (χ3n) is 5.36. The summed E-state index contributed by atoms with van der Waals surface area (Å²) in [5, 5.41) is 4.18. The molecule has 3 aliphatic rings. The Bertz CT molecular complexity index is 758. The summed E-state index contributed by atoms with van der Waals surface area (Å²) >= 11 is 12.0. The summed E-state index contributed by atoms with van der Waals surface area (Å²) < 4.78 is 0. The van der Waals surface area contributed by atoms with Gasteiger partial charge in [0.2, 0.25) is 0 Å². The van der Waals surface area contributed by atoms with Crippen LogP contribution in [0.1, 0.15) is 35.2 Å². The van der Waals surface area contributed by atoms with E-state index in [1.165, 1.54) is 5.56 Å². The van der Waals surface area contributed by atoms with Crippen LogP contribution in [0.25, 0.3) is 0 Å². The molecule has 3 atom stereocenters. The zero-order chi connectivity index (χ0) is 16.0. The maximum absolute atomic E-state index is 12.6. The van der Waals surface area contributed by atoms with Crippen molar-refractivity contribution in [3.63, 3.8) is 0 Å². The summed E-state index contributed by atoms with van der Waals surface area (Å²) in [5.74, 6) is 0.406. The Balaban J connectivity index is 1.59. The van der Waals surface area contributed by atoms with Gasteiger partial charge < -0.3 is 5.32 Å². The Morgan fingerprint density at radius 1 is 1.22 bits per heavy atom. The number of rotatable bonds is 3. The average molecular weight is 347 g/mol. The molecule has 1 aromatic carbocycles. The van der Waals surface area contributed by atoms with Crippen molar-refractivity contribution in [2.75, 3.05) is 0 Å². The molecule has 1 N–H and O–H groups in total. The van der Waals surface area contributed by atoms with Gasteiger partial charge >= 0.3 is 0 Å². The van der Waals surface area contributed by atoms with Gasteiger partial charge in [-0.2, -0.15) is 0 Å². The first kappa shape index (κ1) is 15.0. The number of nitrogens with one attached hydrogen (secondary N) is 1. The number of carbonyl (C=O) groups excluding carboxylic acids is 1. The Labute approximate surface area is 145 Å². The van der Waals surface area contributed by atoms with Gasteiger partial charge in [0, 0.05) is 22.7 Å². The molecule has 0 radical (unpaired) electrons. The van der Waals surface area contributed by atoms with Gasteiger partial charge in [0.15, 0.2) is 0 Å². The van der Waals surface area contributed by atoms with Crippen LogP contribution >= 0.6 is 23.2 Å². The standard InChI is InChI=1S/C18H16Cl2N2O/c19-13-5-3-12(4-6-13)18-8-7-11(10-18)15(18)22-17(23)14-2-1-9-21-16(14)20/h1-6,9,11,15H,7-8,10H2,(H,22,23)/t11-,15-,18+/m1/s1. The summed E-state index contributed by atoms with van der Waals surface area (Å²) in [6, 6.07) is 11.6. The molecular weight excluding hydrogens is 331 g/mol. The number of pyridine rings is 1. The van der Waals surface area contributed by atoms with E-state index in [2.05, 4.69) is 22.4 Å². The number of aromatic nitrogens is 1. The second kappa shape index (κ2) is 5.50. The number of hydrogen-bond donors (Lipinski definition) is 1. The first-order valence-electron chi connectivity index (χ1n) is 7.77. The van der Waals surface area contributed by atoms with Gasteiger partial charge in [-0.05, 0) is 55.0 Å². The molecule has 1 aromatic heterocycles. The van der Waals surface area contributed by atoms with Crippen molar-refractivity contribution in [3.8, 4) is 0 Å². The summed E-state index contributed by atoms with van der Waals surface area (Å²) in [4.78, 5) is 16.5. The Morgan fingerprint density at radius 2 is 2.00 bits per heavy atom. The summed E-state index contributed by atoms with van der Waals surface area (Å²) in [6.07, 6.45) is 4.96. The van der Waals surface area contributed by atoms with Crippen LogP contribution in [0.4, 0.5) is 0 Å². The second-order valence-corrected chi connectivity index (χ2v) is 7.25. The quantitative estimate of drug-likeness (QED) is 0.844. The molecule has 3 nitrogen and oxygen atoms in total. The van der Waals surface area contributed by atoms with E-state index in [0.717, 1.165) is 24.3 Å². The van der Waals surface area contributed by atoms with E-state index >= 15 is 0 Å². The Morgan fingerprint density at radius 3 is 2.70 bits per heavy atom. The molecule has 2 aromatic rings. The predicted molar refractivity (Wildman–Crippen MR) is 91.0 cm³/mol. The van der Waals surface area contributed by atoms with E-state index in [9.17, 15) is 4.79 Å². The van der Waals surface area contributed by atoms with Crippen LogP contribution in [-0.2, 0) is 5.41 Å².